The molecule has 0 atom stereocenters. The summed E-state index contributed by atoms with van der Waals surface area (Å²) in [7, 11) is -2.80. The minimum atomic E-state index is -4.31. The van der Waals surface area contributed by atoms with E-state index in [4.69, 9.17) is 13.7 Å². The van der Waals surface area contributed by atoms with Crippen molar-refractivity contribution < 1.29 is 36.6 Å². The molecule has 11 nitrogen and oxygen atoms in total. The van der Waals surface area contributed by atoms with Crippen LogP contribution < -0.4 is 13.7 Å². The van der Waals surface area contributed by atoms with Crippen molar-refractivity contribution in [3.63, 3.8) is 0 Å². The van der Waals surface area contributed by atoms with Gasteiger partial charge in [-0.1, -0.05) is 30.3 Å². The number of thioether (sulfide) groups is 1. The molecule has 0 aliphatic carbocycles. The van der Waals surface area contributed by atoms with Gasteiger partial charge in [-0.15, -0.1) is 0 Å². The lowest BCUT2D eigenvalue weighted by atomic mass is 10.2. The zero-order chi connectivity index (χ0) is 27.3. The highest BCUT2D eigenvalue weighted by Crippen LogP contribution is 2.33. The molecule has 0 spiro atoms. The second-order valence-corrected chi connectivity index (χ2v) is 10.2. The molecule has 2 amide bonds. The molecule has 1 saturated heterocycles. The molecule has 196 valence electrons. The highest BCUT2D eigenvalue weighted by atomic mass is 32.2. The van der Waals surface area contributed by atoms with Crippen LogP contribution in [0.1, 0.15) is 5.56 Å². The fourth-order valence-electron chi connectivity index (χ4n) is 3.38. The molecule has 1 fully saturated rings. The number of imide groups is 1. The van der Waals surface area contributed by atoms with Crippen LogP contribution in [0.4, 0.5) is 10.5 Å². The zero-order valence-electron chi connectivity index (χ0n) is 19.8. The SMILES string of the molecule is COc1ccccc1OCCN1C(=O)S/C(=C\c2ccc(OS(=O)(=O)c3cccc([N+](=O)[O-])c3)cc2)C1=O. The van der Waals surface area contributed by atoms with E-state index in [1.807, 2.05) is 0 Å². The molecule has 1 aliphatic rings. The van der Waals surface area contributed by atoms with Crippen molar-refractivity contribution in [3.05, 3.63) is 93.4 Å². The van der Waals surface area contributed by atoms with Gasteiger partial charge in [0.05, 0.1) is 23.5 Å². The number of carbonyl (C=O) groups is 2. The summed E-state index contributed by atoms with van der Waals surface area (Å²) in [6.07, 6.45) is 1.50. The maximum absolute atomic E-state index is 12.8. The number of hydrogen-bond acceptors (Lipinski definition) is 10. The fraction of sp³-hybridized carbons (Fsp3) is 0.120. The van der Waals surface area contributed by atoms with Gasteiger partial charge in [-0.2, -0.15) is 8.42 Å². The molecular formula is C25H20N2O9S2. The first-order chi connectivity index (χ1) is 18.2. The van der Waals surface area contributed by atoms with Crippen LogP contribution in [-0.2, 0) is 14.9 Å². The van der Waals surface area contributed by atoms with Crippen LogP contribution >= 0.6 is 11.8 Å². The third-order valence-corrected chi connectivity index (χ3v) is 7.37. The lowest BCUT2D eigenvalue weighted by Crippen LogP contribution is -2.32. The molecule has 4 rings (SSSR count). The molecule has 0 bridgehead atoms. The Bertz CT molecular complexity index is 1520. The van der Waals surface area contributed by atoms with Crippen molar-refractivity contribution in [2.45, 2.75) is 4.90 Å². The zero-order valence-corrected chi connectivity index (χ0v) is 21.4. The number of amides is 2. The standard InChI is InChI=1S/C25H20N2O9S2/c1-34-21-7-2-3-8-22(21)35-14-13-26-24(28)23(37-25(26)29)15-17-9-11-19(12-10-17)36-38(32,33)20-6-4-5-18(16-20)27(30)31/h2-12,15-16H,13-14H2,1H3/b23-15-. The van der Waals surface area contributed by atoms with Gasteiger partial charge >= 0.3 is 10.1 Å². The van der Waals surface area contributed by atoms with Gasteiger partial charge < -0.3 is 13.7 Å². The molecular weight excluding hydrogens is 536 g/mol. The van der Waals surface area contributed by atoms with Crippen LogP contribution in [0, 0.1) is 10.1 Å². The minimum Gasteiger partial charge on any atom is -0.493 e. The van der Waals surface area contributed by atoms with Crippen LogP contribution in [-0.4, -0.2) is 49.6 Å². The molecule has 0 aromatic heterocycles. The van der Waals surface area contributed by atoms with Gasteiger partial charge in [-0.05, 0) is 53.7 Å². The Morgan fingerprint density at radius 1 is 1.00 bits per heavy atom. The lowest BCUT2D eigenvalue weighted by molar-refractivity contribution is -0.385. The van der Waals surface area contributed by atoms with Crippen LogP contribution in [0.3, 0.4) is 0 Å². The van der Waals surface area contributed by atoms with E-state index < -0.39 is 26.2 Å². The first-order valence-corrected chi connectivity index (χ1v) is 13.2. The smallest absolute Gasteiger partial charge is 0.339 e. The third-order valence-electron chi connectivity index (χ3n) is 5.22. The maximum Gasteiger partial charge on any atom is 0.339 e. The number of nitro groups is 1. The normalized spacial score (nSPS) is 14.6. The fourth-order valence-corrected chi connectivity index (χ4v) is 5.21. The van der Waals surface area contributed by atoms with Crippen molar-refractivity contribution in [2.24, 2.45) is 0 Å². The Morgan fingerprint density at radius 3 is 2.39 bits per heavy atom. The summed E-state index contributed by atoms with van der Waals surface area (Å²) in [5.74, 6) is 0.520. The van der Waals surface area contributed by atoms with E-state index in [-0.39, 0.29) is 34.4 Å². The average molecular weight is 557 g/mol. The summed E-state index contributed by atoms with van der Waals surface area (Å²) in [6.45, 7) is 0.124. The van der Waals surface area contributed by atoms with Gasteiger partial charge in [0.2, 0.25) is 0 Å². The first-order valence-electron chi connectivity index (χ1n) is 11.0. The predicted molar refractivity (Wildman–Crippen MR) is 139 cm³/mol. The molecule has 0 unspecified atom stereocenters. The highest BCUT2D eigenvalue weighted by Gasteiger charge is 2.34. The van der Waals surface area contributed by atoms with E-state index in [9.17, 15) is 28.1 Å². The van der Waals surface area contributed by atoms with E-state index in [1.54, 1.807) is 24.3 Å². The summed E-state index contributed by atoms with van der Waals surface area (Å²) in [6, 6.07) is 17.3. The van der Waals surface area contributed by atoms with Gasteiger partial charge in [0.25, 0.3) is 16.8 Å². The molecule has 3 aromatic rings. The molecule has 1 aliphatic heterocycles. The number of methoxy groups -OCH3 is 1. The predicted octanol–water partition coefficient (Wildman–Crippen LogP) is 4.49. The molecule has 0 N–H and O–H groups in total. The summed E-state index contributed by atoms with van der Waals surface area (Å²) in [5, 5.41) is 10.5. The van der Waals surface area contributed by atoms with Crippen LogP contribution in [0.2, 0.25) is 0 Å². The number of non-ortho nitro benzene ring substituents is 1. The van der Waals surface area contributed by atoms with E-state index >= 15 is 0 Å². The number of ether oxygens (including phenoxy) is 2. The molecule has 13 heteroatoms. The van der Waals surface area contributed by atoms with Crippen molar-refractivity contribution in [3.8, 4) is 17.2 Å². The van der Waals surface area contributed by atoms with Crippen LogP contribution in [0.25, 0.3) is 6.08 Å². The van der Waals surface area contributed by atoms with Gasteiger partial charge in [0.1, 0.15) is 17.3 Å². The largest absolute Gasteiger partial charge is 0.493 e. The van der Waals surface area contributed by atoms with E-state index in [2.05, 4.69) is 0 Å². The number of rotatable bonds is 10. The quantitative estimate of drug-likeness (QED) is 0.152. The van der Waals surface area contributed by atoms with E-state index in [0.717, 1.165) is 22.7 Å². The van der Waals surface area contributed by atoms with Gasteiger partial charge in [0, 0.05) is 12.1 Å². The Labute approximate surface area is 221 Å². The molecule has 3 aromatic carbocycles. The number of hydrogen-bond donors (Lipinski definition) is 0. The summed E-state index contributed by atoms with van der Waals surface area (Å²) < 4.78 is 40.9. The van der Waals surface area contributed by atoms with Crippen LogP contribution in [0.5, 0.6) is 17.2 Å². The monoisotopic (exact) mass is 556 g/mol. The van der Waals surface area contributed by atoms with E-state index in [0.29, 0.717) is 17.1 Å². The molecule has 1 heterocycles. The van der Waals surface area contributed by atoms with Gasteiger partial charge in [-0.25, -0.2) is 0 Å². The number of carbonyl (C=O) groups excluding carboxylic acids is 2. The topological polar surface area (TPSA) is 142 Å². The Morgan fingerprint density at radius 2 is 1.71 bits per heavy atom. The Kier molecular flexibility index (Phi) is 7.98. The molecule has 0 saturated carbocycles. The van der Waals surface area contributed by atoms with Crippen LogP contribution in [0.15, 0.2) is 82.6 Å². The van der Waals surface area contributed by atoms with E-state index in [1.165, 1.54) is 55.7 Å². The van der Waals surface area contributed by atoms with Crippen molar-refractivity contribution in [1.29, 1.82) is 0 Å². The van der Waals surface area contributed by atoms with Gasteiger partial charge in [0.15, 0.2) is 11.5 Å². The average Bonchev–Trinajstić information content (AvgIpc) is 3.17. The molecule has 0 radical (unpaired) electrons. The number of para-hydroxylation sites is 2. The Balaban J connectivity index is 1.39. The first kappa shape index (κ1) is 26.7. The third kappa shape index (κ3) is 6.12. The van der Waals surface area contributed by atoms with Crippen molar-refractivity contribution in [2.75, 3.05) is 20.3 Å². The second kappa shape index (κ2) is 11.4. The van der Waals surface area contributed by atoms with Crippen molar-refractivity contribution in [1.82, 2.24) is 4.90 Å². The summed E-state index contributed by atoms with van der Waals surface area (Å²) in [4.78, 5) is 36.3. The summed E-state index contributed by atoms with van der Waals surface area (Å²) >= 11 is 0.782. The number of benzene rings is 3. The highest BCUT2D eigenvalue weighted by molar-refractivity contribution is 8.18. The Hall–Kier alpha value is -4.36. The maximum atomic E-state index is 12.8. The van der Waals surface area contributed by atoms with Crippen molar-refractivity contribution >= 4 is 44.8 Å². The minimum absolute atomic E-state index is 0.0322. The van der Waals surface area contributed by atoms with Gasteiger partial charge in [-0.3, -0.25) is 24.6 Å². The number of nitrogens with zero attached hydrogens (tertiary/aromatic N) is 2. The number of nitro benzene ring substituents is 1. The summed E-state index contributed by atoms with van der Waals surface area (Å²) in [5.41, 5.74) is 0.145. The lowest BCUT2D eigenvalue weighted by Gasteiger charge is -2.14. The second-order valence-electron chi connectivity index (χ2n) is 7.69. The molecule has 38 heavy (non-hydrogen) atoms.